The fourth-order valence-corrected chi connectivity index (χ4v) is 2.94. The number of aromatic nitrogens is 3. The Kier molecular flexibility index (Phi) is 4.15. The Bertz CT molecular complexity index is 1060. The van der Waals surface area contributed by atoms with E-state index in [0.717, 1.165) is 5.69 Å². The van der Waals surface area contributed by atoms with Crippen molar-refractivity contribution >= 4 is 17.4 Å². The van der Waals surface area contributed by atoms with Gasteiger partial charge >= 0.3 is 6.03 Å². The molecule has 0 atom stereocenters. The van der Waals surface area contributed by atoms with Crippen LogP contribution < -0.4 is 5.32 Å². The maximum absolute atomic E-state index is 14.5. The van der Waals surface area contributed by atoms with E-state index >= 15 is 0 Å². The molecule has 7 nitrogen and oxygen atoms in total. The molecule has 3 aromatic rings. The summed E-state index contributed by atoms with van der Waals surface area (Å²) in [7, 11) is 3.32. The third-order valence-corrected chi connectivity index (χ3v) is 4.29. The summed E-state index contributed by atoms with van der Waals surface area (Å²) in [6.07, 6.45) is 1.60. The second kappa shape index (κ2) is 6.64. The van der Waals surface area contributed by atoms with Crippen molar-refractivity contribution in [3.8, 4) is 5.69 Å². The van der Waals surface area contributed by atoms with Crippen molar-refractivity contribution in [1.82, 2.24) is 19.7 Å². The molecule has 0 bridgehead atoms. The highest BCUT2D eigenvalue weighted by atomic mass is 19.1. The Morgan fingerprint density at radius 2 is 2.00 bits per heavy atom. The maximum atomic E-state index is 14.5. The highest BCUT2D eigenvalue weighted by Gasteiger charge is 2.22. The predicted octanol–water partition coefficient (Wildman–Crippen LogP) is 2.85. The topological polar surface area (TPSA) is 75.4 Å². The number of amides is 2. The largest absolute Gasteiger partial charge is 0.331 e. The number of nitrogens with one attached hydrogen (secondary N) is 1. The molecule has 1 aliphatic heterocycles. The fourth-order valence-electron chi connectivity index (χ4n) is 2.94. The van der Waals surface area contributed by atoms with Crippen LogP contribution in [0.5, 0.6) is 0 Å². The molecule has 8 heteroatoms. The molecular formula is C19H17FN6O. The van der Waals surface area contributed by atoms with Crippen LogP contribution in [0.2, 0.25) is 0 Å². The first-order chi connectivity index (χ1) is 13.0. The van der Waals surface area contributed by atoms with Crippen molar-refractivity contribution in [3.05, 3.63) is 71.6 Å². The molecule has 136 valence electrons. The first kappa shape index (κ1) is 16.9. The van der Waals surface area contributed by atoms with E-state index < -0.39 is 0 Å². The van der Waals surface area contributed by atoms with Crippen LogP contribution in [0.15, 0.2) is 53.8 Å². The van der Waals surface area contributed by atoms with E-state index in [9.17, 15) is 9.18 Å². The average Bonchev–Trinajstić information content (AvgIpc) is 3.06. The number of carbonyl (C=O) groups is 1. The molecule has 2 amide bonds. The zero-order chi connectivity index (χ0) is 19.0. The molecule has 0 radical (unpaired) electrons. The van der Waals surface area contributed by atoms with E-state index in [1.165, 1.54) is 11.0 Å². The summed E-state index contributed by atoms with van der Waals surface area (Å²) in [6, 6.07) is 11.7. The number of anilines is 1. The zero-order valence-electron chi connectivity index (χ0n) is 14.8. The molecule has 0 unspecified atom stereocenters. The molecule has 1 N–H and O–H groups in total. The third kappa shape index (κ3) is 3.05. The molecule has 0 saturated heterocycles. The van der Waals surface area contributed by atoms with Gasteiger partial charge in [-0.05, 0) is 30.3 Å². The molecule has 2 heterocycles. The van der Waals surface area contributed by atoms with Crippen LogP contribution in [0.25, 0.3) is 5.69 Å². The summed E-state index contributed by atoms with van der Waals surface area (Å²) in [4.78, 5) is 18.0. The lowest BCUT2D eigenvalue weighted by Crippen LogP contribution is -2.27. The molecule has 1 aromatic heterocycles. The second-order valence-corrected chi connectivity index (χ2v) is 6.32. The summed E-state index contributed by atoms with van der Waals surface area (Å²) in [5, 5.41) is 10.9. The first-order valence-corrected chi connectivity index (χ1v) is 8.36. The van der Waals surface area contributed by atoms with Crippen molar-refractivity contribution in [1.29, 1.82) is 0 Å². The van der Waals surface area contributed by atoms with Crippen molar-refractivity contribution < 1.29 is 9.18 Å². The van der Waals surface area contributed by atoms with Crippen LogP contribution in [0.4, 0.5) is 14.9 Å². The number of hydrogen-bond acceptors (Lipinski definition) is 4. The van der Waals surface area contributed by atoms with Gasteiger partial charge in [-0.15, -0.1) is 10.2 Å². The molecule has 1 aliphatic rings. The lowest BCUT2D eigenvalue weighted by Gasteiger charge is -2.16. The SMILES string of the molecule is CN(C)C(=O)Nc1ccc2c(c1)C(c1ccccc1F)=NCc1nncn1-2. The predicted molar refractivity (Wildman–Crippen MR) is 99.8 cm³/mol. The lowest BCUT2D eigenvalue weighted by molar-refractivity contribution is 0.230. The number of halogens is 1. The van der Waals surface area contributed by atoms with Crippen molar-refractivity contribution in [2.45, 2.75) is 6.54 Å². The molecule has 0 spiro atoms. The quantitative estimate of drug-likeness (QED) is 0.760. The molecule has 0 saturated carbocycles. The molecular weight excluding hydrogens is 347 g/mol. The van der Waals surface area contributed by atoms with Gasteiger partial charge in [0.1, 0.15) is 18.7 Å². The highest BCUT2D eigenvalue weighted by molar-refractivity contribution is 6.16. The number of hydrogen-bond donors (Lipinski definition) is 1. The zero-order valence-corrected chi connectivity index (χ0v) is 14.8. The minimum atomic E-state index is -0.359. The second-order valence-electron chi connectivity index (χ2n) is 6.32. The number of carbonyl (C=O) groups excluding carboxylic acids is 1. The monoisotopic (exact) mass is 364 g/mol. The van der Waals surface area contributed by atoms with E-state index in [-0.39, 0.29) is 18.4 Å². The van der Waals surface area contributed by atoms with Gasteiger partial charge in [-0.2, -0.15) is 0 Å². The summed E-state index contributed by atoms with van der Waals surface area (Å²) < 4.78 is 16.3. The number of fused-ring (bicyclic) bond motifs is 3. The van der Waals surface area contributed by atoms with Crippen LogP contribution in [-0.4, -0.2) is 45.5 Å². The molecule has 27 heavy (non-hydrogen) atoms. The fraction of sp³-hybridized carbons (Fsp3) is 0.158. The van der Waals surface area contributed by atoms with Crippen LogP contribution in [0.3, 0.4) is 0 Å². The van der Waals surface area contributed by atoms with Gasteiger partial charge in [0.05, 0.1) is 11.4 Å². The molecule has 4 rings (SSSR count). The summed E-state index contributed by atoms with van der Waals surface area (Å²) in [5.74, 6) is 0.301. The number of aliphatic imine (C=N–C) groups is 1. The Balaban J connectivity index is 1.88. The van der Waals surface area contributed by atoms with Gasteiger partial charge in [0.25, 0.3) is 0 Å². The van der Waals surface area contributed by atoms with E-state index in [4.69, 9.17) is 0 Å². The highest BCUT2D eigenvalue weighted by Crippen LogP contribution is 2.28. The minimum absolute atomic E-state index is 0.252. The van der Waals surface area contributed by atoms with Gasteiger partial charge in [0.2, 0.25) is 0 Å². The average molecular weight is 364 g/mol. The Morgan fingerprint density at radius 3 is 2.78 bits per heavy atom. The molecule has 0 aliphatic carbocycles. The summed E-state index contributed by atoms with van der Waals surface area (Å²) in [6.45, 7) is 0.276. The van der Waals surface area contributed by atoms with Crippen molar-refractivity contribution in [2.75, 3.05) is 19.4 Å². The van der Waals surface area contributed by atoms with Gasteiger partial charge in [0.15, 0.2) is 5.82 Å². The maximum Gasteiger partial charge on any atom is 0.321 e. The van der Waals surface area contributed by atoms with Gasteiger partial charge in [-0.25, -0.2) is 9.18 Å². The standard InChI is InChI=1S/C19H17FN6O/c1-25(2)19(27)23-12-7-8-16-14(9-12)18(13-5-3-4-6-15(13)20)21-10-17-24-22-11-26(16)17/h3-9,11H,10H2,1-2H3,(H,23,27). The summed E-state index contributed by atoms with van der Waals surface area (Å²) in [5.41, 5.74) is 2.96. The van der Waals surface area contributed by atoms with E-state index in [0.29, 0.717) is 28.4 Å². The number of rotatable bonds is 2. The normalized spacial score (nSPS) is 12.5. The van der Waals surface area contributed by atoms with Gasteiger partial charge in [-0.3, -0.25) is 9.56 Å². The van der Waals surface area contributed by atoms with E-state index in [2.05, 4.69) is 20.5 Å². The lowest BCUT2D eigenvalue weighted by atomic mass is 9.99. The van der Waals surface area contributed by atoms with Gasteiger partial charge < -0.3 is 10.2 Å². The van der Waals surface area contributed by atoms with Crippen molar-refractivity contribution in [3.63, 3.8) is 0 Å². The number of benzene rings is 2. The van der Waals surface area contributed by atoms with Crippen LogP contribution in [-0.2, 0) is 6.54 Å². The van der Waals surface area contributed by atoms with Crippen LogP contribution >= 0.6 is 0 Å². The number of nitrogens with zero attached hydrogens (tertiary/aromatic N) is 5. The Labute approximate surface area is 155 Å². The van der Waals surface area contributed by atoms with Crippen molar-refractivity contribution in [2.24, 2.45) is 4.99 Å². The minimum Gasteiger partial charge on any atom is -0.331 e. The Hall–Kier alpha value is -3.55. The van der Waals surface area contributed by atoms with E-state index in [1.807, 2.05) is 10.6 Å². The molecule has 0 fully saturated rings. The smallest absolute Gasteiger partial charge is 0.321 e. The number of urea groups is 1. The van der Waals surface area contributed by atoms with Crippen LogP contribution in [0, 0.1) is 5.82 Å². The molecule has 2 aromatic carbocycles. The first-order valence-electron chi connectivity index (χ1n) is 8.36. The van der Waals surface area contributed by atoms with E-state index in [1.54, 1.807) is 50.8 Å². The Morgan fingerprint density at radius 1 is 1.19 bits per heavy atom. The van der Waals surface area contributed by atoms with Gasteiger partial charge in [-0.1, -0.05) is 12.1 Å². The van der Waals surface area contributed by atoms with Gasteiger partial charge in [0, 0.05) is 30.9 Å². The third-order valence-electron chi connectivity index (χ3n) is 4.29. The summed E-state index contributed by atoms with van der Waals surface area (Å²) >= 11 is 0. The van der Waals surface area contributed by atoms with Crippen LogP contribution in [0.1, 0.15) is 17.0 Å².